The number of halogens is 1. The van der Waals surface area contributed by atoms with Crippen LogP contribution in [0.4, 0.5) is 4.39 Å². The summed E-state index contributed by atoms with van der Waals surface area (Å²) in [6.45, 7) is -0.938. The van der Waals surface area contributed by atoms with Gasteiger partial charge in [0.25, 0.3) is 5.85 Å². The first-order chi connectivity index (χ1) is 11.7. The van der Waals surface area contributed by atoms with E-state index in [2.05, 4.69) is 15.1 Å². The van der Waals surface area contributed by atoms with Gasteiger partial charge in [-0.15, -0.1) is 0 Å². The molecule has 2 aliphatic heterocycles. The zero-order valence-electron chi connectivity index (χ0n) is 12.7. The highest BCUT2D eigenvalue weighted by atomic mass is 19.2. The highest BCUT2D eigenvalue weighted by Gasteiger charge is 2.62. The van der Waals surface area contributed by atoms with Crippen LogP contribution in [-0.2, 0) is 14.2 Å². The first-order valence-electron chi connectivity index (χ1n) is 7.20. The summed E-state index contributed by atoms with van der Waals surface area (Å²) in [5, 5.41) is 43.5. The van der Waals surface area contributed by atoms with E-state index in [0.29, 0.717) is 0 Å². The number of aliphatic hydroxyl groups excluding tert-OH is 4. The van der Waals surface area contributed by atoms with E-state index in [4.69, 9.17) is 26.0 Å². The van der Waals surface area contributed by atoms with Crippen molar-refractivity contribution in [1.82, 2.24) is 0 Å². The quantitative estimate of drug-likeness (QED) is 0.259. The van der Waals surface area contributed by atoms with Gasteiger partial charge in [0.05, 0.1) is 12.6 Å². The molecule has 25 heavy (non-hydrogen) atoms. The number of alkyl halides is 1. The van der Waals surface area contributed by atoms with Crippen molar-refractivity contribution in [2.24, 2.45) is 21.8 Å². The fourth-order valence-corrected chi connectivity index (χ4v) is 2.65. The molecular weight excluding hydrogens is 351 g/mol. The molecule has 0 aromatic carbocycles. The van der Waals surface area contributed by atoms with Gasteiger partial charge in [0.1, 0.15) is 24.5 Å². The standard InChI is InChI=1S/C11H19FN4O9/c12-11(6(16-22)9(20)23-2(1-17)7(11)19)25-10-4(15-21)5(18)3(13)8(14)24-10/h2-10,17-20H,1,13-14H2. The van der Waals surface area contributed by atoms with E-state index in [9.17, 15) is 25.1 Å². The Morgan fingerprint density at radius 1 is 1.16 bits per heavy atom. The lowest BCUT2D eigenvalue weighted by atomic mass is 9.93. The van der Waals surface area contributed by atoms with Crippen LogP contribution >= 0.6 is 0 Å². The van der Waals surface area contributed by atoms with E-state index in [1.807, 2.05) is 0 Å². The van der Waals surface area contributed by atoms with Crippen LogP contribution in [0.2, 0.25) is 0 Å². The number of rotatable bonds is 5. The molecule has 0 radical (unpaired) electrons. The molecule has 144 valence electrons. The molecule has 0 bridgehead atoms. The van der Waals surface area contributed by atoms with Crippen molar-refractivity contribution < 1.29 is 39.0 Å². The molecule has 8 N–H and O–H groups in total. The molecule has 0 aliphatic carbocycles. The monoisotopic (exact) mass is 370 g/mol. The van der Waals surface area contributed by atoms with E-state index in [1.54, 1.807) is 0 Å². The molecule has 0 aromatic rings. The summed E-state index contributed by atoms with van der Waals surface area (Å²) in [7, 11) is 0. The Bertz CT molecular complexity index is 504. The van der Waals surface area contributed by atoms with E-state index < -0.39 is 67.7 Å². The van der Waals surface area contributed by atoms with Crippen molar-refractivity contribution in [1.29, 1.82) is 0 Å². The SMILES string of the molecule is NC1OC(OC2(F)C(O)C(CO)OC(O)C2N=O)C(N=O)C(O)C1N. The van der Waals surface area contributed by atoms with Gasteiger partial charge in [-0.2, -0.15) is 9.81 Å². The fourth-order valence-electron chi connectivity index (χ4n) is 2.65. The van der Waals surface area contributed by atoms with Crippen LogP contribution in [-0.4, -0.2) is 88.1 Å². The number of aliphatic hydroxyl groups is 4. The summed E-state index contributed by atoms with van der Waals surface area (Å²) in [6.07, 6.45) is -11.2. The predicted octanol–water partition coefficient (Wildman–Crippen LogP) is -3.66. The van der Waals surface area contributed by atoms with Crippen molar-refractivity contribution in [3.05, 3.63) is 9.81 Å². The van der Waals surface area contributed by atoms with Gasteiger partial charge < -0.3 is 46.1 Å². The van der Waals surface area contributed by atoms with Crippen molar-refractivity contribution in [2.45, 2.75) is 61.1 Å². The smallest absolute Gasteiger partial charge is 0.271 e. The average molecular weight is 370 g/mol. The summed E-state index contributed by atoms with van der Waals surface area (Å²) < 4.78 is 29.8. The maximum atomic E-state index is 15.3. The third-order valence-electron chi connectivity index (χ3n) is 4.15. The number of hydrogen-bond acceptors (Lipinski definition) is 13. The molecule has 14 heteroatoms. The molecule has 10 atom stereocenters. The van der Waals surface area contributed by atoms with Crippen molar-refractivity contribution >= 4 is 0 Å². The van der Waals surface area contributed by atoms with Crippen LogP contribution in [0.5, 0.6) is 0 Å². The minimum atomic E-state index is -3.44. The molecular formula is C11H19FN4O9. The van der Waals surface area contributed by atoms with Gasteiger partial charge >= 0.3 is 0 Å². The van der Waals surface area contributed by atoms with Crippen LogP contribution in [0, 0.1) is 9.81 Å². The summed E-state index contributed by atoms with van der Waals surface area (Å²) in [5.41, 5.74) is 11.0. The largest absolute Gasteiger partial charge is 0.394 e. The van der Waals surface area contributed by atoms with Crippen LogP contribution in [0.1, 0.15) is 0 Å². The number of ether oxygens (including phenoxy) is 3. The molecule has 2 rings (SSSR count). The van der Waals surface area contributed by atoms with E-state index >= 15 is 4.39 Å². The third-order valence-corrected chi connectivity index (χ3v) is 4.15. The van der Waals surface area contributed by atoms with Gasteiger partial charge in [0, 0.05) is 0 Å². The molecule has 2 saturated heterocycles. The minimum Gasteiger partial charge on any atom is -0.394 e. The van der Waals surface area contributed by atoms with Crippen LogP contribution < -0.4 is 11.5 Å². The maximum absolute atomic E-state index is 15.3. The van der Waals surface area contributed by atoms with Gasteiger partial charge in [0.15, 0.2) is 18.6 Å². The normalized spacial score (nSPS) is 51.1. The lowest BCUT2D eigenvalue weighted by Gasteiger charge is -2.47. The molecule has 0 saturated carbocycles. The molecule has 13 nitrogen and oxygen atoms in total. The van der Waals surface area contributed by atoms with E-state index in [0.717, 1.165) is 0 Å². The van der Waals surface area contributed by atoms with E-state index in [1.165, 1.54) is 0 Å². The average Bonchev–Trinajstić information content (AvgIpc) is 2.57. The van der Waals surface area contributed by atoms with Gasteiger partial charge in [-0.05, 0) is 0 Å². The maximum Gasteiger partial charge on any atom is 0.271 e. The topological polar surface area (TPSA) is 220 Å². The number of hydrogen-bond donors (Lipinski definition) is 6. The summed E-state index contributed by atoms with van der Waals surface area (Å²) in [6, 6.07) is -5.30. The third kappa shape index (κ3) is 3.40. The zero-order valence-corrected chi connectivity index (χ0v) is 12.7. The predicted molar refractivity (Wildman–Crippen MR) is 74.9 cm³/mol. The Kier molecular flexibility index (Phi) is 6.08. The number of nitrogens with two attached hydrogens (primary N) is 2. The molecule has 0 spiro atoms. The number of nitrogens with zero attached hydrogens (tertiary/aromatic N) is 2. The lowest BCUT2D eigenvalue weighted by Crippen LogP contribution is -2.69. The molecule has 0 amide bonds. The Hall–Kier alpha value is -1.23. The molecule has 10 unspecified atom stereocenters. The van der Waals surface area contributed by atoms with Crippen molar-refractivity contribution in [2.75, 3.05) is 6.61 Å². The van der Waals surface area contributed by atoms with Gasteiger partial charge in [0.2, 0.25) is 6.04 Å². The first kappa shape index (κ1) is 20.1. The molecule has 2 aliphatic rings. The van der Waals surface area contributed by atoms with Gasteiger partial charge in [-0.3, -0.25) is 0 Å². The van der Waals surface area contributed by atoms with Crippen LogP contribution in [0.15, 0.2) is 10.4 Å². The van der Waals surface area contributed by atoms with E-state index in [-0.39, 0.29) is 0 Å². The van der Waals surface area contributed by atoms with Crippen molar-refractivity contribution in [3.63, 3.8) is 0 Å². The second-order valence-corrected chi connectivity index (χ2v) is 5.69. The Balaban J connectivity index is 2.32. The summed E-state index contributed by atoms with van der Waals surface area (Å²) in [5.74, 6) is -3.44. The Morgan fingerprint density at radius 2 is 1.80 bits per heavy atom. The fraction of sp³-hybridized carbons (Fsp3) is 1.00. The second kappa shape index (κ2) is 7.56. The Morgan fingerprint density at radius 3 is 2.32 bits per heavy atom. The van der Waals surface area contributed by atoms with Gasteiger partial charge in [-0.25, -0.2) is 4.39 Å². The first-order valence-corrected chi connectivity index (χ1v) is 7.20. The highest BCUT2D eigenvalue weighted by Crippen LogP contribution is 2.38. The summed E-state index contributed by atoms with van der Waals surface area (Å²) >= 11 is 0. The molecule has 2 heterocycles. The van der Waals surface area contributed by atoms with Crippen LogP contribution in [0.25, 0.3) is 0 Å². The molecule has 0 aromatic heterocycles. The zero-order chi connectivity index (χ0) is 18.9. The second-order valence-electron chi connectivity index (χ2n) is 5.69. The highest BCUT2D eigenvalue weighted by molar-refractivity contribution is 5.02. The minimum absolute atomic E-state index is 0.938. The van der Waals surface area contributed by atoms with Crippen molar-refractivity contribution in [3.8, 4) is 0 Å². The molecule has 2 fully saturated rings. The summed E-state index contributed by atoms with van der Waals surface area (Å²) in [4.78, 5) is 21.8. The number of nitroso groups, excluding NO2 is 2. The van der Waals surface area contributed by atoms with Crippen LogP contribution in [0.3, 0.4) is 0 Å². The lowest BCUT2D eigenvalue weighted by molar-refractivity contribution is -0.380. The van der Waals surface area contributed by atoms with Gasteiger partial charge in [-0.1, -0.05) is 10.4 Å². The Labute approximate surface area is 139 Å².